The van der Waals surface area contributed by atoms with Crippen LogP contribution in [0.2, 0.25) is 0 Å². The summed E-state index contributed by atoms with van der Waals surface area (Å²) < 4.78 is 15.5. The van der Waals surface area contributed by atoms with E-state index in [1.165, 1.54) is 0 Å². The summed E-state index contributed by atoms with van der Waals surface area (Å²) in [6.45, 7) is 2.47. The standard InChI is InChI=1S/C15H22O4S/c1-17-10-11-18-8-3-9-19-12-15(16)13-4-6-14(20-2)7-5-13/h4-7H,3,8-12H2,1-2H3. The predicted molar refractivity (Wildman–Crippen MR) is 80.7 cm³/mol. The van der Waals surface area contributed by atoms with Crippen LogP contribution < -0.4 is 0 Å². The molecule has 0 aliphatic heterocycles. The van der Waals surface area contributed by atoms with Crippen molar-refractivity contribution in [1.82, 2.24) is 0 Å². The van der Waals surface area contributed by atoms with Crippen LogP contribution in [0.5, 0.6) is 0 Å². The summed E-state index contributed by atoms with van der Waals surface area (Å²) in [5.74, 6) is 0.0120. The van der Waals surface area contributed by atoms with Crippen LogP contribution in [0.25, 0.3) is 0 Å². The van der Waals surface area contributed by atoms with Gasteiger partial charge in [0.1, 0.15) is 6.61 Å². The molecule has 0 aromatic heterocycles. The Morgan fingerprint density at radius 3 is 2.40 bits per heavy atom. The first-order valence-electron chi connectivity index (χ1n) is 6.59. The van der Waals surface area contributed by atoms with Crippen LogP contribution in [-0.2, 0) is 14.2 Å². The van der Waals surface area contributed by atoms with Crippen molar-refractivity contribution in [2.24, 2.45) is 0 Å². The summed E-state index contributed by atoms with van der Waals surface area (Å²) in [6.07, 6.45) is 2.79. The van der Waals surface area contributed by atoms with Crippen molar-refractivity contribution in [3.8, 4) is 0 Å². The molecule has 0 radical (unpaired) electrons. The monoisotopic (exact) mass is 298 g/mol. The maximum absolute atomic E-state index is 11.8. The van der Waals surface area contributed by atoms with Gasteiger partial charge in [-0.3, -0.25) is 4.79 Å². The van der Waals surface area contributed by atoms with Gasteiger partial charge in [0, 0.05) is 30.8 Å². The van der Waals surface area contributed by atoms with Crippen molar-refractivity contribution in [2.75, 3.05) is 46.4 Å². The Morgan fingerprint density at radius 1 is 1.05 bits per heavy atom. The van der Waals surface area contributed by atoms with E-state index in [2.05, 4.69) is 0 Å². The fourth-order valence-electron chi connectivity index (χ4n) is 1.53. The lowest BCUT2D eigenvalue weighted by atomic mass is 10.1. The molecule has 0 bridgehead atoms. The second kappa shape index (κ2) is 10.9. The minimum Gasteiger partial charge on any atom is -0.382 e. The van der Waals surface area contributed by atoms with E-state index in [1.54, 1.807) is 18.9 Å². The largest absolute Gasteiger partial charge is 0.382 e. The van der Waals surface area contributed by atoms with Gasteiger partial charge in [0.15, 0.2) is 5.78 Å². The van der Waals surface area contributed by atoms with E-state index in [4.69, 9.17) is 14.2 Å². The van der Waals surface area contributed by atoms with Gasteiger partial charge in [0.25, 0.3) is 0 Å². The van der Waals surface area contributed by atoms with E-state index < -0.39 is 0 Å². The Balaban J connectivity index is 2.10. The lowest BCUT2D eigenvalue weighted by molar-refractivity contribution is 0.0488. The Bertz CT molecular complexity index is 378. The number of rotatable bonds is 11. The Labute approximate surface area is 124 Å². The molecule has 5 heteroatoms. The molecule has 0 N–H and O–H groups in total. The predicted octanol–water partition coefficient (Wildman–Crippen LogP) is 2.66. The molecule has 0 fully saturated rings. The second-order valence-corrected chi connectivity index (χ2v) is 5.04. The van der Waals surface area contributed by atoms with E-state index in [0.717, 1.165) is 11.3 Å². The van der Waals surface area contributed by atoms with Gasteiger partial charge in [-0.15, -0.1) is 11.8 Å². The number of thioether (sulfide) groups is 1. The molecule has 112 valence electrons. The molecule has 0 saturated carbocycles. The molecule has 0 aliphatic rings. The smallest absolute Gasteiger partial charge is 0.188 e. The minimum absolute atomic E-state index is 0.0120. The fourth-order valence-corrected chi connectivity index (χ4v) is 1.94. The average molecular weight is 298 g/mol. The van der Waals surface area contributed by atoms with Gasteiger partial charge in [0.05, 0.1) is 13.2 Å². The van der Waals surface area contributed by atoms with Crippen molar-refractivity contribution in [1.29, 1.82) is 0 Å². The van der Waals surface area contributed by atoms with Crippen LogP contribution in [0.15, 0.2) is 29.2 Å². The summed E-state index contributed by atoms with van der Waals surface area (Å²) >= 11 is 1.66. The quantitative estimate of drug-likeness (QED) is 0.357. The Kier molecular flexibility index (Phi) is 9.32. The van der Waals surface area contributed by atoms with Crippen LogP contribution in [0.4, 0.5) is 0 Å². The van der Waals surface area contributed by atoms with Crippen LogP contribution >= 0.6 is 11.8 Å². The number of methoxy groups -OCH3 is 1. The third-order valence-electron chi connectivity index (χ3n) is 2.65. The third kappa shape index (κ3) is 7.05. The van der Waals surface area contributed by atoms with E-state index in [-0.39, 0.29) is 12.4 Å². The van der Waals surface area contributed by atoms with Crippen molar-refractivity contribution in [2.45, 2.75) is 11.3 Å². The molecule has 0 unspecified atom stereocenters. The molecular weight excluding hydrogens is 276 g/mol. The normalized spacial score (nSPS) is 10.7. The van der Waals surface area contributed by atoms with Crippen LogP contribution in [0.1, 0.15) is 16.8 Å². The van der Waals surface area contributed by atoms with Gasteiger partial charge >= 0.3 is 0 Å². The number of Topliss-reactive ketones (excluding diaryl/α,β-unsaturated/α-hetero) is 1. The van der Waals surface area contributed by atoms with Gasteiger partial charge in [-0.25, -0.2) is 0 Å². The molecule has 1 aromatic carbocycles. The van der Waals surface area contributed by atoms with E-state index in [0.29, 0.717) is 32.0 Å². The van der Waals surface area contributed by atoms with Gasteiger partial charge < -0.3 is 14.2 Å². The highest BCUT2D eigenvalue weighted by atomic mass is 32.2. The van der Waals surface area contributed by atoms with Crippen molar-refractivity contribution in [3.63, 3.8) is 0 Å². The molecule has 20 heavy (non-hydrogen) atoms. The zero-order valence-electron chi connectivity index (χ0n) is 12.1. The van der Waals surface area contributed by atoms with Gasteiger partial charge in [-0.2, -0.15) is 0 Å². The van der Waals surface area contributed by atoms with Gasteiger partial charge in [-0.05, 0) is 24.8 Å². The van der Waals surface area contributed by atoms with Gasteiger partial charge in [0.2, 0.25) is 0 Å². The second-order valence-electron chi connectivity index (χ2n) is 4.16. The molecule has 4 nitrogen and oxygen atoms in total. The highest BCUT2D eigenvalue weighted by Crippen LogP contribution is 2.15. The highest BCUT2D eigenvalue weighted by Gasteiger charge is 2.05. The molecule has 1 aromatic rings. The zero-order valence-corrected chi connectivity index (χ0v) is 12.9. The molecule has 0 amide bonds. The number of hydrogen-bond donors (Lipinski definition) is 0. The fraction of sp³-hybridized carbons (Fsp3) is 0.533. The zero-order chi connectivity index (χ0) is 14.6. The SMILES string of the molecule is COCCOCCCOCC(=O)c1ccc(SC)cc1. The van der Waals surface area contributed by atoms with E-state index >= 15 is 0 Å². The van der Waals surface area contributed by atoms with E-state index in [1.807, 2.05) is 30.5 Å². The number of hydrogen-bond acceptors (Lipinski definition) is 5. The maximum atomic E-state index is 11.8. The highest BCUT2D eigenvalue weighted by molar-refractivity contribution is 7.98. The first-order chi connectivity index (χ1) is 9.77. The summed E-state index contributed by atoms with van der Waals surface area (Å²) in [4.78, 5) is 13.0. The number of carbonyl (C=O) groups is 1. The lowest BCUT2D eigenvalue weighted by Gasteiger charge is -2.05. The molecule has 0 atom stereocenters. The number of carbonyl (C=O) groups excluding carboxylic acids is 1. The van der Waals surface area contributed by atoms with Gasteiger partial charge in [-0.1, -0.05) is 12.1 Å². The Hall–Kier alpha value is -0.880. The average Bonchev–Trinajstić information content (AvgIpc) is 2.50. The molecule has 0 heterocycles. The first kappa shape index (κ1) is 17.2. The maximum Gasteiger partial charge on any atom is 0.188 e. The van der Waals surface area contributed by atoms with Crippen LogP contribution in [0, 0.1) is 0 Å². The molecule has 1 rings (SSSR count). The van der Waals surface area contributed by atoms with Crippen molar-refractivity contribution in [3.05, 3.63) is 29.8 Å². The van der Waals surface area contributed by atoms with Crippen LogP contribution in [0.3, 0.4) is 0 Å². The topological polar surface area (TPSA) is 44.8 Å². The summed E-state index contributed by atoms with van der Waals surface area (Å²) in [5.41, 5.74) is 0.694. The first-order valence-corrected chi connectivity index (χ1v) is 7.82. The lowest BCUT2D eigenvalue weighted by Crippen LogP contribution is -2.11. The van der Waals surface area contributed by atoms with Crippen molar-refractivity contribution < 1.29 is 19.0 Å². The molecule has 0 spiro atoms. The molecule has 0 aliphatic carbocycles. The number of ketones is 1. The third-order valence-corrected chi connectivity index (χ3v) is 3.40. The molecular formula is C15H22O4S. The Morgan fingerprint density at radius 2 is 1.75 bits per heavy atom. The minimum atomic E-state index is 0.0120. The number of benzene rings is 1. The van der Waals surface area contributed by atoms with Crippen LogP contribution in [-0.4, -0.2) is 52.2 Å². The molecule has 0 saturated heterocycles. The summed E-state index contributed by atoms with van der Waals surface area (Å²) in [6, 6.07) is 7.57. The summed E-state index contributed by atoms with van der Waals surface area (Å²) in [7, 11) is 1.64. The summed E-state index contributed by atoms with van der Waals surface area (Å²) in [5, 5.41) is 0. The van der Waals surface area contributed by atoms with Crippen molar-refractivity contribution >= 4 is 17.5 Å². The number of ether oxygens (including phenoxy) is 3. The van der Waals surface area contributed by atoms with E-state index in [9.17, 15) is 4.79 Å².